The molecule has 7 heteroatoms. The fourth-order valence-corrected chi connectivity index (χ4v) is 2.50. The Hall–Kier alpha value is -3.52. The number of carbonyl (C=O) groups is 1. The maximum Gasteiger partial charge on any atom is 0.335 e. The van der Waals surface area contributed by atoms with Crippen molar-refractivity contribution >= 4 is 23.1 Å². The molecule has 0 amide bonds. The minimum Gasteiger partial charge on any atom is -0.595 e. The number of hydrazone groups is 1. The number of rotatable bonds is 6. The molecular weight excluding hydrogens is 346 g/mol. The van der Waals surface area contributed by atoms with Crippen molar-refractivity contribution in [2.24, 2.45) is 5.10 Å². The molecule has 0 heterocycles. The number of benzene rings is 3. The monoisotopic (exact) mass is 363 g/mol. The summed E-state index contributed by atoms with van der Waals surface area (Å²) in [5.74, 6) is -1.02. The minimum atomic E-state index is -1.02. The number of aromatic carboxylic acids is 1. The van der Waals surface area contributed by atoms with E-state index < -0.39 is 11.2 Å². The number of nitrogens with zero attached hydrogens (tertiary/aromatic N) is 1. The van der Waals surface area contributed by atoms with E-state index in [1.54, 1.807) is 24.3 Å². The van der Waals surface area contributed by atoms with Gasteiger partial charge >= 0.3 is 5.97 Å². The van der Waals surface area contributed by atoms with E-state index in [9.17, 15) is 10.0 Å². The predicted octanol–water partition coefficient (Wildman–Crippen LogP) is 2.65. The third-order valence-electron chi connectivity index (χ3n) is 3.86. The van der Waals surface area contributed by atoms with Crippen LogP contribution in [0.4, 0.5) is 11.4 Å². The van der Waals surface area contributed by atoms with Crippen molar-refractivity contribution in [1.82, 2.24) is 0 Å². The van der Waals surface area contributed by atoms with Gasteiger partial charge in [-0.3, -0.25) is 5.43 Å². The second-order valence-electron chi connectivity index (χ2n) is 5.71. The van der Waals surface area contributed by atoms with Gasteiger partial charge in [-0.05, 0) is 30.3 Å². The molecule has 0 saturated heterocycles. The van der Waals surface area contributed by atoms with Gasteiger partial charge in [0, 0.05) is 23.3 Å². The highest BCUT2D eigenvalue weighted by molar-refractivity contribution is 6.13. The van der Waals surface area contributed by atoms with E-state index in [4.69, 9.17) is 10.3 Å². The highest BCUT2D eigenvalue weighted by Gasteiger charge is 2.09. The number of hydrogen-bond acceptors (Lipinski definition) is 5. The van der Waals surface area contributed by atoms with E-state index in [1.807, 2.05) is 30.3 Å². The van der Waals surface area contributed by atoms with Gasteiger partial charge in [-0.25, -0.2) is 10.0 Å². The van der Waals surface area contributed by atoms with Crippen LogP contribution in [0.5, 0.6) is 0 Å². The molecule has 3 aromatic rings. The molecule has 0 aromatic heterocycles. The molecule has 4 N–H and O–H groups in total. The Kier molecular flexibility index (Phi) is 5.58. The van der Waals surface area contributed by atoms with Crippen molar-refractivity contribution in [2.75, 3.05) is 5.43 Å². The molecule has 0 spiro atoms. The summed E-state index contributed by atoms with van der Waals surface area (Å²) in [7, 11) is 0. The van der Waals surface area contributed by atoms with Gasteiger partial charge in [-0.1, -0.05) is 36.4 Å². The number of anilines is 1. The molecule has 27 heavy (non-hydrogen) atoms. The molecule has 0 fully saturated rings. The second kappa shape index (κ2) is 8.24. The van der Waals surface area contributed by atoms with Crippen LogP contribution in [0.2, 0.25) is 0 Å². The first kappa shape index (κ1) is 18.3. The van der Waals surface area contributed by atoms with Crippen LogP contribution in [-0.2, 0) is 0 Å². The van der Waals surface area contributed by atoms with Crippen LogP contribution in [0.15, 0.2) is 84.0 Å². The lowest BCUT2D eigenvalue weighted by Gasteiger charge is -2.13. The van der Waals surface area contributed by atoms with E-state index in [0.29, 0.717) is 11.4 Å². The smallest absolute Gasteiger partial charge is 0.335 e. The molecule has 0 aliphatic heterocycles. The Morgan fingerprint density at radius 2 is 1.52 bits per heavy atom. The molecule has 3 rings (SSSR count). The maximum absolute atomic E-state index is 11.1. The van der Waals surface area contributed by atoms with Crippen LogP contribution < -0.4 is 10.7 Å². The summed E-state index contributed by atoms with van der Waals surface area (Å²) in [6.45, 7) is 0. The van der Waals surface area contributed by atoms with Crippen LogP contribution in [0, 0.1) is 5.21 Å². The SMILES string of the molecule is O=C(O)c1cccc(NN=C(c2ccccc2)c2ccc([NH+]([O-])O)cc2)c1. The molecule has 0 aliphatic rings. The van der Waals surface area contributed by atoms with E-state index in [2.05, 4.69) is 10.5 Å². The van der Waals surface area contributed by atoms with Crippen LogP contribution in [0.25, 0.3) is 0 Å². The number of carboxylic acids is 1. The molecule has 1 atom stereocenters. The van der Waals surface area contributed by atoms with Gasteiger partial charge in [-0.2, -0.15) is 10.3 Å². The number of hydrogen-bond donors (Lipinski definition) is 4. The summed E-state index contributed by atoms with van der Waals surface area (Å²) >= 11 is 0. The van der Waals surface area contributed by atoms with Crippen LogP contribution in [-0.4, -0.2) is 22.0 Å². The first-order valence-corrected chi connectivity index (χ1v) is 8.11. The number of quaternary nitrogens is 1. The van der Waals surface area contributed by atoms with Crippen molar-refractivity contribution in [1.29, 1.82) is 0 Å². The zero-order valence-electron chi connectivity index (χ0n) is 14.2. The summed E-state index contributed by atoms with van der Waals surface area (Å²) in [6.07, 6.45) is 0. The van der Waals surface area contributed by atoms with E-state index in [-0.39, 0.29) is 11.3 Å². The highest BCUT2D eigenvalue weighted by atomic mass is 16.8. The Labute approximate surface area is 155 Å². The Balaban J connectivity index is 1.96. The molecular formula is C20H17N3O4. The molecule has 0 saturated carbocycles. The van der Waals surface area contributed by atoms with Crippen molar-refractivity contribution in [3.63, 3.8) is 0 Å². The Bertz CT molecular complexity index is 954. The van der Waals surface area contributed by atoms with Gasteiger partial charge < -0.3 is 10.3 Å². The van der Waals surface area contributed by atoms with Gasteiger partial charge in [0.25, 0.3) is 0 Å². The molecule has 0 radical (unpaired) electrons. The van der Waals surface area contributed by atoms with Crippen LogP contribution in [0.1, 0.15) is 21.5 Å². The van der Waals surface area contributed by atoms with Crippen molar-refractivity contribution < 1.29 is 20.3 Å². The van der Waals surface area contributed by atoms with Gasteiger partial charge in [0.05, 0.1) is 17.0 Å². The van der Waals surface area contributed by atoms with E-state index >= 15 is 0 Å². The van der Waals surface area contributed by atoms with Crippen LogP contribution >= 0.6 is 0 Å². The normalized spacial score (nSPS) is 12.4. The quantitative estimate of drug-likeness (QED) is 0.398. The lowest BCUT2D eigenvalue weighted by atomic mass is 10.0. The van der Waals surface area contributed by atoms with Crippen LogP contribution in [0.3, 0.4) is 0 Å². The fraction of sp³-hybridized carbons (Fsp3) is 0. The van der Waals surface area contributed by atoms with Gasteiger partial charge in [0.15, 0.2) is 5.69 Å². The minimum absolute atomic E-state index is 0.155. The molecule has 0 bridgehead atoms. The maximum atomic E-state index is 11.1. The molecule has 7 nitrogen and oxygen atoms in total. The van der Waals surface area contributed by atoms with Crippen molar-refractivity contribution in [3.05, 3.63) is 101 Å². The van der Waals surface area contributed by atoms with Crippen molar-refractivity contribution in [2.45, 2.75) is 0 Å². The fourth-order valence-electron chi connectivity index (χ4n) is 2.50. The number of carboxylic acid groups (broad SMARTS) is 1. The first-order chi connectivity index (χ1) is 13.0. The third kappa shape index (κ3) is 4.56. The molecule has 3 aromatic carbocycles. The Morgan fingerprint density at radius 1 is 0.889 bits per heavy atom. The van der Waals surface area contributed by atoms with Gasteiger partial charge in [0.1, 0.15) is 0 Å². The largest absolute Gasteiger partial charge is 0.595 e. The average molecular weight is 363 g/mol. The lowest BCUT2D eigenvalue weighted by Crippen LogP contribution is -2.99. The summed E-state index contributed by atoms with van der Waals surface area (Å²) in [4.78, 5) is 11.1. The zero-order valence-corrected chi connectivity index (χ0v) is 14.2. The highest BCUT2D eigenvalue weighted by Crippen LogP contribution is 2.15. The number of nitrogens with one attached hydrogen (secondary N) is 2. The summed E-state index contributed by atoms with van der Waals surface area (Å²) in [6, 6.07) is 22.1. The third-order valence-corrected chi connectivity index (χ3v) is 3.86. The second-order valence-corrected chi connectivity index (χ2v) is 5.71. The topological polar surface area (TPSA) is 109 Å². The van der Waals surface area contributed by atoms with Gasteiger partial charge in [0.2, 0.25) is 0 Å². The summed E-state index contributed by atoms with van der Waals surface area (Å²) in [5, 5.41) is 32.7. The van der Waals surface area contributed by atoms with E-state index in [0.717, 1.165) is 11.1 Å². The molecule has 1 unspecified atom stereocenters. The standard InChI is InChI=1S/C20H17N3O4/c24-20(25)16-7-4-8-17(13-16)21-22-19(14-5-2-1-3-6-14)15-9-11-18(12-10-15)23(26)27/h1-13,21,23,26H,(H,24,25). The van der Waals surface area contributed by atoms with E-state index in [1.165, 1.54) is 24.3 Å². The average Bonchev–Trinajstić information content (AvgIpc) is 2.69. The summed E-state index contributed by atoms with van der Waals surface area (Å²) in [5.41, 5.74) is 5.93. The first-order valence-electron chi connectivity index (χ1n) is 8.11. The molecule has 0 aliphatic carbocycles. The van der Waals surface area contributed by atoms with Gasteiger partial charge in [-0.15, -0.1) is 0 Å². The lowest BCUT2D eigenvalue weighted by molar-refractivity contribution is -0.991. The predicted molar refractivity (Wildman–Crippen MR) is 101 cm³/mol. The zero-order chi connectivity index (χ0) is 19.2. The Morgan fingerprint density at radius 3 is 2.15 bits per heavy atom. The molecule has 136 valence electrons. The van der Waals surface area contributed by atoms with Crippen molar-refractivity contribution in [3.8, 4) is 0 Å². The summed E-state index contributed by atoms with van der Waals surface area (Å²) < 4.78 is 0.